The lowest BCUT2D eigenvalue weighted by Gasteiger charge is -2.44. The van der Waals surface area contributed by atoms with Crippen molar-refractivity contribution in [1.29, 1.82) is 0 Å². The Labute approximate surface area is 263 Å². The van der Waals surface area contributed by atoms with Gasteiger partial charge in [-0.25, -0.2) is 4.79 Å². The van der Waals surface area contributed by atoms with Crippen molar-refractivity contribution >= 4 is 17.5 Å². The third-order valence-corrected chi connectivity index (χ3v) is 8.38. The monoisotopic (exact) mass is 616 g/mol. The molecule has 0 spiro atoms. The van der Waals surface area contributed by atoms with Crippen LogP contribution in [0.1, 0.15) is 41.6 Å². The van der Waals surface area contributed by atoms with Crippen LogP contribution in [0.15, 0.2) is 85.5 Å². The molecule has 3 aromatic carbocycles. The van der Waals surface area contributed by atoms with Gasteiger partial charge >= 0.3 is 6.09 Å². The number of hydrogen-bond donors (Lipinski definition) is 2. The van der Waals surface area contributed by atoms with E-state index in [1.807, 2.05) is 60.7 Å². The second-order valence-corrected chi connectivity index (χ2v) is 11.4. The molecule has 2 N–H and O–H groups in total. The molecule has 45 heavy (non-hydrogen) atoms. The number of benzene rings is 3. The number of nitro benzene ring substituents is 1. The zero-order valence-corrected chi connectivity index (χ0v) is 25.4. The van der Waals surface area contributed by atoms with E-state index in [0.29, 0.717) is 6.54 Å². The molecule has 238 valence electrons. The molecule has 11 heteroatoms. The Bertz CT molecular complexity index is 1420. The average molecular weight is 617 g/mol. The fraction of sp³-hybridized carbons (Fsp3) is 0.382. The molecule has 0 bridgehead atoms. The Morgan fingerprint density at radius 3 is 2.27 bits per heavy atom. The van der Waals surface area contributed by atoms with Crippen LogP contribution in [0.3, 0.4) is 0 Å². The van der Waals surface area contributed by atoms with Crippen LogP contribution in [0, 0.1) is 16.0 Å². The number of rotatable bonds is 11. The number of anilines is 1. The van der Waals surface area contributed by atoms with Crippen LogP contribution in [-0.4, -0.2) is 66.5 Å². The molecular weight excluding hydrogens is 576 g/mol. The summed E-state index contributed by atoms with van der Waals surface area (Å²) in [4.78, 5) is 27.1. The summed E-state index contributed by atoms with van der Waals surface area (Å²) in [5.41, 5.74) is 4.74. The summed E-state index contributed by atoms with van der Waals surface area (Å²) < 4.78 is 18.2. The van der Waals surface area contributed by atoms with Gasteiger partial charge in [0.15, 0.2) is 6.29 Å². The highest BCUT2D eigenvalue weighted by atomic mass is 16.7. The number of piperazine rings is 1. The number of amides is 1. The third kappa shape index (κ3) is 8.25. The number of alkyl carbamates (subject to hydrolysis) is 1. The number of ether oxygens (including phenoxy) is 3. The summed E-state index contributed by atoms with van der Waals surface area (Å²) in [6.07, 6.45) is 0.0954. The molecule has 3 aromatic rings. The third-order valence-electron chi connectivity index (χ3n) is 8.38. The molecule has 2 aliphatic heterocycles. The number of nitrogens with one attached hydrogen (secondary N) is 1. The first-order valence-corrected chi connectivity index (χ1v) is 15.2. The number of hydrogen-bond acceptors (Lipinski definition) is 9. The van der Waals surface area contributed by atoms with E-state index in [1.165, 1.54) is 6.08 Å². The molecule has 0 aromatic heterocycles. The minimum atomic E-state index is -0.588. The number of nitrogens with zero attached hydrogens (tertiary/aromatic N) is 3. The van der Waals surface area contributed by atoms with Gasteiger partial charge in [0.1, 0.15) is 6.61 Å². The van der Waals surface area contributed by atoms with Crippen LogP contribution in [0.4, 0.5) is 16.2 Å². The zero-order chi connectivity index (χ0) is 31.8. The second kappa shape index (κ2) is 15.1. The van der Waals surface area contributed by atoms with Gasteiger partial charge in [-0.2, -0.15) is 0 Å². The molecule has 1 amide bonds. The summed E-state index contributed by atoms with van der Waals surface area (Å²) in [6, 6.07) is 22.4. The van der Waals surface area contributed by atoms with Crippen molar-refractivity contribution < 1.29 is 29.0 Å². The van der Waals surface area contributed by atoms with Crippen LogP contribution in [0.2, 0.25) is 0 Å². The van der Waals surface area contributed by atoms with E-state index in [0.717, 1.165) is 60.7 Å². The van der Waals surface area contributed by atoms with Crippen LogP contribution in [-0.2, 0) is 27.4 Å². The number of carbonyl (C=O) groups is 1. The first kappa shape index (κ1) is 32.1. The molecule has 4 atom stereocenters. The Hall–Kier alpha value is -4.29. The first-order chi connectivity index (χ1) is 21.8. The van der Waals surface area contributed by atoms with E-state index in [2.05, 4.69) is 28.6 Å². The second-order valence-electron chi connectivity index (χ2n) is 11.4. The van der Waals surface area contributed by atoms with Crippen molar-refractivity contribution in [2.24, 2.45) is 5.92 Å². The van der Waals surface area contributed by atoms with Gasteiger partial charge in [-0.15, -0.1) is 0 Å². The normalized spacial score (nSPS) is 22.0. The number of non-ortho nitro benzene ring substituents is 1. The fourth-order valence-electron chi connectivity index (χ4n) is 5.71. The quantitative estimate of drug-likeness (QED) is 0.172. The highest BCUT2D eigenvalue weighted by Crippen LogP contribution is 2.42. The topological polar surface area (TPSA) is 127 Å². The van der Waals surface area contributed by atoms with Crippen molar-refractivity contribution in [2.45, 2.75) is 38.6 Å². The van der Waals surface area contributed by atoms with Gasteiger partial charge in [-0.05, 0) is 28.8 Å². The minimum absolute atomic E-state index is 0.0191. The molecule has 0 saturated carbocycles. The van der Waals surface area contributed by atoms with Crippen LogP contribution < -0.4 is 10.2 Å². The van der Waals surface area contributed by atoms with E-state index >= 15 is 0 Å². The molecule has 2 saturated heterocycles. The molecule has 0 aliphatic carbocycles. The van der Waals surface area contributed by atoms with Crippen molar-refractivity contribution in [3.8, 4) is 0 Å². The number of aliphatic hydroxyl groups is 1. The van der Waals surface area contributed by atoms with Gasteiger partial charge in [0.05, 0.1) is 23.7 Å². The van der Waals surface area contributed by atoms with Gasteiger partial charge in [0.25, 0.3) is 5.69 Å². The molecule has 5 rings (SSSR count). The predicted octanol–water partition coefficient (Wildman–Crippen LogP) is 5.11. The van der Waals surface area contributed by atoms with Crippen molar-refractivity contribution in [1.82, 2.24) is 10.2 Å². The lowest BCUT2D eigenvalue weighted by molar-refractivity contribution is -0.384. The molecule has 0 radical (unpaired) electrons. The number of aliphatic hydroxyl groups excluding tert-OH is 1. The molecule has 11 nitrogen and oxygen atoms in total. The maximum Gasteiger partial charge on any atom is 0.407 e. The predicted molar refractivity (Wildman–Crippen MR) is 170 cm³/mol. The number of carbonyl (C=O) groups excluding carboxylic acids is 1. The van der Waals surface area contributed by atoms with Gasteiger partial charge in [-0.1, -0.05) is 68.1 Å². The minimum Gasteiger partial charge on any atom is -0.445 e. The average Bonchev–Trinajstić information content (AvgIpc) is 3.08. The lowest BCUT2D eigenvalue weighted by Crippen LogP contribution is -2.51. The maximum atomic E-state index is 11.8. The van der Waals surface area contributed by atoms with E-state index in [-0.39, 0.29) is 42.0 Å². The van der Waals surface area contributed by atoms with Gasteiger partial charge in [-0.3, -0.25) is 15.0 Å². The van der Waals surface area contributed by atoms with E-state index in [4.69, 9.17) is 14.2 Å². The van der Waals surface area contributed by atoms with Gasteiger partial charge < -0.3 is 29.5 Å². The van der Waals surface area contributed by atoms with Crippen molar-refractivity contribution in [2.75, 3.05) is 44.2 Å². The molecule has 0 unspecified atom stereocenters. The van der Waals surface area contributed by atoms with Crippen molar-refractivity contribution in [3.05, 3.63) is 118 Å². The Balaban J connectivity index is 1.26. The SMILES string of the molecule is C=CCOC(=O)NCc1ccc([C@H]2O[C@@H](CN3CCN(c4ccc([N+](=O)[O-])cc4)CC3)[C@@H](C)[C@@H](c3ccc(CO)cc3)O2)cc1. The van der Waals surface area contributed by atoms with Crippen LogP contribution >= 0.6 is 0 Å². The molecule has 2 heterocycles. The number of nitro groups is 1. The van der Waals surface area contributed by atoms with E-state index in [1.54, 1.807) is 12.1 Å². The summed E-state index contributed by atoms with van der Waals surface area (Å²) >= 11 is 0. The Morgan fingerprint density at radius 1 is 1.00 bits per heavy atom. The molecule has 2 aliphatic rings. The van der Waals surface area contributed by atoms with Crippen molar-refractivity contribution in [3.63, 3.8) is 0 Å². The summed E-state index contributed by atoms with van der Waals surface area (Å²) in [5.74, 6) is 0.0546. The molecular formula is C34H40N4O7. The lowest BCUT2D eigenvalue weighted by atomic mass is 9.90. The largest absolute Gasteiger partial charge is 0.445 e. The van der Waals surface area contributed by atoms with E-state index < -0.39 is 12.4 Å². The zero-order valence-electron chi connectivity index (χ0n) is 25.4. The standard InChI is InChI=1S/C34H40N4O7/c1-3-20-43-34(40)35-21-25-4-10-28(11-5-25)33-44-31(24(2)32(45-33)27-8-6-26(23-39)7-9-27)22-36-16-18-37(19-17-36)29-12-14-30(15-13-29)38(41)42/h3-15,24,31-33,39H,1,16-23H2,2H3,(H,35,40)/t24-,31+,32+,33+/m1/s1. The molecule has 2 fully saturated rings. The highest BCUT2D eigenvalue weighted by Gasteiger charge is 2.39. The summed E-state index contributed by atoms with van der Waals surface area (Å²) in [6.45, 7) is 10.2. The Kier molecular flexibility index (Phi) is 10.8. The summed E-state index contributed by atoms with van der Waals surface area (Å²) in [5, 5.41) is 23.3. The van der Waals surface area contributed by atoms with Gasteiger partial charge in [0.2, 0.25) is 0 Å². The first-order valence-electron chi connectivity index (χ1n) is 15.2. The maximum absolute atomic E-state index is 11.8. The fourth-order valence-corrected chi connectivity index (χ4v) is 5.71. The van der Waals surface area contributed by atoms with E-state index in [9.17, 15) is 20.0 Å². The summed E-state index contributed by atoms with van der Waals surface area (Å²) in [7, 11) is 0. The van der Waals surface area contributed by atoms with Crippen LogP contribution in [0.25, 0.3) is 0 Å². The van der Waals surface area contributed by atoms with Gasteiger partial charge in [0, 0.05) is 68.6 Å². The highest BCUT2D eigenvalue weighted by molar-refractivity contribution is 5.67. The van der Waals surface area contributed by atoms with Crippen LogP contribution in [0.5, 0.6) is 0 Å². The Morgan fingerprint density at radius 2 is 1.64 bits per heavy atom. The smallest absolute Gasteiger partial charge is 0.407 e.